The first-order valence-electron chi connectivity index (χ1n) is 3.94. The summed E-state index contributed by atoms with van der Waals surface area (Å²) in [6.07, 6.45) is 2.12. The highest BCUT2D eigenvalue weighted by Gasteiger charge is 2.06. The van der Waals surface area contributed by atoms with Gasteiger partial charge in [-0.15, -0.1) is 23.1 Å². The third-order valence-electron chi connectivity index (χ3n) is 2.11. The highest BCUT2D eigenvalue weighted by Crippen LogP contribution is 2.36. The van der Waals surface area contributed by atoms with Crippen molar-refractivity contribution in [3.05, 3.63) is 27.5 Å². The third-order valence-corrected chi connectivity index (χ3v) is 5.01. The monoisotopic (exact) mass is 272 g/mol. The predicted octanol–water partition coefficient (Wildman–Crippen LogP) is 4.69. The van der Waals surface area contributed by atoms with Crippen LogP contribution >= 0.6 is 39.0 Å². The van der Waals surface area contributed by atoms with E-state index in [-0.39, 0.29) is 0 Å². The highest BCUT2D eigenvalue weighted by molar-refractivity contribution is 9.10. The van der Waals surface area contributed by atoms with Gasteiger partial charge in [0.05, 0.1) is 0 Å². The number of hydrogen-bond acceptors (Lipinski definition) is 2. The zero-order valence-electron chi connectivity index (χ0n) is 7.43. The second-order valence-corrected chi connectivity index (χ2v) is 5.44. The fraction of sp³-hybridized carbons (Fsp3) is 0.200. The molecule has 0 unspecified atom stereocenters. The topological polar surface area (TPSA) is 0 Å². The molecule has 0 bridgehead atoms. The SMILES string of the molecule is CSc1csc2c(C)c(Br)ccc12. The van der Waals surface area contributed by atoms with Gasteiger partial charge in [-0.25, -0.2) is 0 Å². The first-order valence-corrected chi connectivity index (χ1v) is 6.84. The van der Waals surface area contributed by atoms with Crippen LogP contribution < -0.4 is 0 Å². The molecule has 1 heterocycles. The molecule has 3 heteroatoms. The van der Waals surface area contributed by atoms with Crippen LogP contribution in [0.25, 0.3) is 10.1 Å². The lowest BCUT2D eigenvalue weighted by Crippen LogP contribution is -1.75. The summed E-state index contributed by atoms with van der Waals surface area (Å²) in [6.45, 7) is 2.16. The summed E-state index contributed by atoms with van der Waals surface area (Å²) in [7, 11) is 0. The summed E-state index contributed by atoms with van der Waals surface area (Å²) < 4.78 is 2.60. The van der Waals surface area contributed by atoms with Crippen molar-refractivity contribution >= 4 is 49.1 Å². The van der Waals surface area contributed by atoms with Crippen molar-refractivity contribution in [3.8, 4) is 0 Å². The molecule has 1 aromatic heterocycles. The van der Waals surface area contributed by atoms with Gasteiger partial charge in [-0.2, -0.15) is 0 Å². The normalized spacial score (nSPS) is 11.0. The Morgan fingerprint density at radius 3 is 2.85 bits per heavy atom. The lowest BCUT2D eigenvalue weighted by atomic mass is 10.2. The molecule has 0 amide bonds. The van der Waals surface area contributed by atoms with Crippen LogP contribution in [0.15, 0.2) is 26.9 Å². The Bertz CT molecular complexity index is 445. The summed E-state index contributed by atoms with van der Waals surface area (Å²) in [5.74, 6) is 0. The molecule has 0 aliphatic carbocycles. The Labute approximate surface area is 94.5 Å². The van der Waals surface area contributed by atoms with Crippen LogP contribution in [-0.4, -0.2) is 6.26 Å². The number of hydrogen-bond donors (Lipinski definition) is 0. The average molecular weight is 273 g/mol. The summed E-state index contributed by atoms with van der Waals surface area (Å²) in [4.78, 5) is 1.38. The van der Waals surface area contributed by atoms with E-state index in [4.69, 9.17) is 0 Å². The molecule has 0 atom stereocenters. The molecule has 0 N–H and O–H groups in total. The molecule has 1 aromatic carbocycles. The van der Waals surface area contributed by atoms with E-state index < -0.39 is 0 Å². The zero-order chi connectivity index (χ0) is 9.42. The quantitative estimate of drug-likeness (QED) is 0.679. The lowest BCUT2D eigenvalue weighted by Gasteiger charge is -1.99. The van der Waals surface area contributed by atoms with Gasteiger partial charge in [0.25, 0.3) is 0 Å². The largest absolute Gasteiger partial charge is 0.142 e. The molecule has 0 aliphatic rings. The molecule has 13 heavy (non-hydrogen) atoms. The maximum Gasteiger partial charge on any atom is 0.0394 e. The fourth-order valence-corrected chi connectivity index (χ4v) is 3.74. The van der Waals surface area contributed by atoms with Crippen LogP contribution in [0.5, 0.6) is 0 Å². The van der Waals surface area contributed by atoms with E-state index in [0.29, 0.717) is 0 Å². The third kappa shape index (κ3) is 1.53. The molecule has 0 radical (unpaired) electrons. The van der Waals surface area contributed by atoms with Gasteiger partial charge in [-0.1, -0.05) is 22.0 Å². The van der Waals surface area contributed by atoms with E-state index in [1.165, 1.54) is 25.0 Å². The number of thioether (sulfide) groups is 1. The van der Waals surface area contributed by atoms with Crippen molar-refractivity contribution in [1.82, 2.24) is 0 Å². The molecule has 0 aliphatic heterocycles. The number of thiophene rings is 1. The summed E-state index contributed by atoms with van der Waals surface area (Å²) in [5, 5.41) is 3.62. The first kappa shape index (κ1) is 9.56. The number of halogens is 1. The van der Waals surface area contributed by atoms with Crippen molar-refractivity contribution in [3.63, 3.8) is 0 Å². The number of fused-ring (bicyclic) bond motifs is 1. The summed E-state index contributed by atoms with van der Waals surface area (Å²) in [5.41, 5.74) is 1.35. The van der Waals surface area contributed by atoms with Gasteiger partial charge in [0.2, 0.25) is 0 Å². The van der Waals surface area contributed by atoms with E-state index in [2.05, 4.69) is 46.6 Å². The number of aryl methyl sites for hydroxylation is 1. The molecule has 0 saturated heterocycles. The van der Waals surface area contributed by atoms with Gasteiger partial charge in [-0.3, -0.25) is 0 Å². The minimum absolute atomic E-state index is 1.20. The van der Waals surface area contributed by atoms with Crippen LogP contribution in [0.4, 0.5) is 0 Å². The van der Waals surface area contributed by atoms with E-state index >= 15 is 0 Å². The highest BCUT2D eigenvalue weighted by atomic mass is 79.9. The van der Waals surface area contributed by atoms with Gasteiger partial charge in [0, 0.05) is 24.8 Å². The Morgan fingerprint density at radius 2 is 2.15 bits per heavy atom. The van der Waals surface area contributed by atoms with Crippen molar-refractivity contribution in [2.75, 3.05) is 6.26 Å². The smallest absolute Gasteiger partial charge is 0.0394 e. The van der Waals surface area contributed by atoms with Gasteiger partial charge >= 0.3 is 0 Å². The molecule has 0 nitrogen and oxygen atoms in total. The Kier molecular flexibility index (Phi) is 2.67. The van der Waals surface area contributed by atoms with Crippen LogP contribution in [0.1, 0.15) is 5.56 Å². The molecule has 0 spiro atoms. The molecule has 2 rings (SSSR count). The van der Waals surface area contributed by atoms with Crippen LogP contribution in [0.2, 0.25) is 0 Å². The fourth-order valence-electron chi connectivity index (χ4n) is 1.35. The molecule has 0 saturated carbocycles. The standard InChI is InChI=1S/C10H9BrS2/c1-6-8(11)4-3-7-9(12-2)5-13-10(6)7/h3-5H,1-2H3. The Morgan fingerprint density at radius 1 is 1.38 bits per heavy atom. The molecular weight excluding hydrogens is 264 g/mol. The summed E-state index contributed by atoms with van der Waals surface area (Å²) >= 11 is 7.19. The van der Waals surface area contributed by atoms with Crippen molar-refractivity contribution in [2.45, 2.75) is 11.8 Å². The lowest BCUT2D eigenvalue weighted by molar-refractivity contribution is 1.50. The zero-order valence-corrected chi connectivity index (χ0v) is 10.6. The van der Waals surface area contributed by atoms with Crippen molar-refractivity contribution in [1.29, 1.82) is 0 Å². The van der Waals surface area contributed by atoms with Gasteiger partial charge in [0.15, 0.2) is 0 Å². The van der Waals surface area contributed by atoms with Gasteiger partial charge in [0.1, 0.15) is 0 Å². The minimum Gasteiger partial charge on any atom is -0.142 e. The van der Waals surface area contributed by atoms with E-state index in [1.807, 2.05) is 23.1 Å². The molecule has 0 fully saturated rings. The second-order valence-electron chi connectivity index (χ2n) is 2.85. The summed E-state index contributed by atoms with van der Waals surface area (Å²) in [6, 6.07) is 4.32. The molecule has 2 aromatic rings. The minimum atomic E-state index is 1.20. The first-order chi connectivity index (χ1) is 6.24. The van der Waals surface area contributed by atoms with Crippen molar-refractivity contribution < 1.29 is 0 Å². The molecule has 68 valence electrons. The van der Waals surface area contributed by atoms with Crippen molar-refractivity contribution in [2.24, 2.45) is 0 Å². The van der Waals surface area contributed by atoms with Crippen LogP contribution in [0, 0.1) is 6.92 Å². The van der Waals surface area contributed by atoms with Crippen LogP contribution in [0.3, 0.4) is 0 Å². The van der Waals surface area contributed by atoms with E-state index in [1.54, 1.807) is 0 Å². The predicted molar refractivity (Wildman–Crippen MR) is 66.0 cm³/mol. The van der Waals surface area contributed by atoms with Gasteiger partial charge in [-0.05, 0) is 24.8 Å². The number of benzene rings is 1. The van der Waals surface area contributed by atoms with E-state index in [0.717, 1.165) is 0 Å². The second kappa shape index (κ2) is 3.64. The number of rotatable bonds is 1. The van der Waals surface area contributed by atoms with Gasteiger partial charge < -0.3 is 0 Å². The maximum atomic E-state index is 3.55. The van der Waals surface area contributed by atoms with Crippen LogP contribution in [-0.2, 0) is 0 Å². The van der Waals surface area contributed by atoms with E-state index in [9.17, 15) is 0 Å². The Hall–Kier alpha value is 0.01000. The Balaban J connectivity index is 2.81. The molecular formula is C10H9BrS2. The average Bonchev–Trinajstić information content (AvgIpc) is 2.55. The maximum absolute atomic E-state index is 3.55.